The van der Waals surface area contributed by atoms with Crippen LogP contribution in [-0.2, 0) is 0 Å². The van der Waals surface area contributed by atoms with Crippen LogP contribution in [-0.4, -0.2) is 11.5 Å². The fourth-order valence-electron chi connectivity index (χ4n) is 0.942. The van der Waals surface area contributed by atoms with Gasteiger partial charge in [0, 0.05) is 16.6 Å². The van der Waals surface area contributed by atoms with Gasteiger partial charge in [0.25, 0.3) is 0 Å². The summed E-state index contributed by atoms with van der Waals surface area (Å²) in [5, 5.41) is 3.18. The van der Waals surface area contributed by atoms with Gasteiger partial charge >= 0.3 is 0 Å². The molecule has 0 aliphatic carbocycles. The first-order valence-corrected chi connectivity index (χ1v) is 5.48. The third-order valence-electron chi connectivity index (χ3n) is 1.64. The van der Waals surface area contributed by atoms with Gasteiger partial charge in [-0.15, -0.1) is 0 Å². The highest BCUT2D eigenvalue weighted by Crippen LogP contribution is 2.10. The maximum Gasteiger partial charge on any atom is 0.106 e. The molecule has 1 aromatic rings. The molecule has 0 radical (unpaired) electrons. The van der Waals surface area contributed by atoms with E-state index in [-0.39, 0.29) is 0 Å². The third kappa shape index (κ3) is 3.44. The third-order valence-corrected chi connectivity index (χ3v) is 2.55. The quantitative estimate of drug-likeness (QED) is 0.836. The molecule has 0 aliphatic heterocycles. The Balaban J connectivity index is 2.61. The normalized spacial score (nSPS) is 9.69. The number of halogens is 1. The second kappa shape index (κ2) is 5.35. The van der Waals surface area contributed by atoms with Crippen LogP contribution in [0.15, 0.2) is 28.7 Å². The fraction of sp³-hybridized carbons (Fsp3) is 0.300. The van der Waals surface area contributed by atoms with Crippen LogP contribution in [0.25, 0.3) is 0 Å². The monoisotopic (exact) mass is 257 g/mol. The molecule has 13 heavy (non-hydrogen) atoms. The summed E-state index contributed by atoms with van der Waals surface area (Å²) in [6.45, 7) is 3.06. The van der Waals surface area contributed by atoms with Crippen molar-refractivity contribution in [2.75, 3.05) is 6.54 Å². The summed E-state index contributed by atoms with van der Waals surface area (Å²) in [7, 11) is 0. The van der Waals surface area contributed by atoms with Crippen LogP contribution < -0.4 is 5.32 Å². The first kappa shape index (κ1) is 10.7. The van der Waals surface area contributed by atoms with Crippen molar-refractivity contribution < 1.29 is 0 Å². The summed E-state index contributed by atoms with van der Waals surface area (Å²) in [6, 6.07) is 8.01. The molecule has 0 amide bonds. The molecule has 1 nitrogen and oxygen atoms in total. The fourth-order valence-corrected chi connectivity index (χ4v) is 1.44. The molecule has 3 heteroatoms. The summed E-state index contributed by atoms with van der Waals surface area (Å²) in [4.78, 5) is 0.828. The Morgan fingerprint density at radius 3 is 2.54 bits per heavy atom. The molecule has 0 aliphatic rings. The van der Waals surface area contributed by atoms with E-state index >= 15 is 0 Å². The molecule has 0 fully saturated rings. The number of benzene rings is 1. The summed E-state index contributed by atoms with van der Waals surface area (Å²) in [5.41, 5.74) is 1.08. The number of hydrogen-bond acceptors (Lipinski definition) is 1. The second-order valence-electron chi connectivity index (χ2n) is 2.76. The standard InChI is InChI=1S/C10H12BrNS/c1-2-7-12-10(13)8-3-5-9(11)6-4-8/h3-6H,2,7H2,1H3,(H,12,13). The summed E-state index contributed by atoms with van der Waals surface area (Å²) in [5.74, 6) is 0. The molecule has 0 aromatic heterocycles. The lowest BCUT2D eigenvalue weighted by molar-refractivity contribution is 0.848. The molecule has 0 saturated heterocycles. The van der Waals surface area contributed by atoms with Gasteiger partial charge in [0.2, 0.25) is 0 Å². The molecular weight excluding hydrogens is 246 g/mol. The molecule has 0 spiro atoms. The lowest BCUT2D eigenvalue weighted by Gasteiger charge is -2.05. The zero-order valence-electron chi connectivity index (χ0n) is 7.51. The molecule has 0 unspecified atom stereocenters. The first-order valence-electron chi connectivity index (χ1n) is 4.28. The maximum atomic E-state index is 5.20. The van der Waals surface area contributed by atoms with Crippen molar-refractivity contribution in [3.05, 3.63) is 34.3 Å². The zero-order valence-corrected chi connectivity index (χ0v) is 9.91. The summed E-state index contributed by atoms with van der Waals surface area (Å²) >= 11 is 8.59. The van der Waals surface area contributed by atoms with Crippen LogP contribution in [0.2, 0.25) is 0 Å². The second-order valence-corrected chi connectivity index (χ2v) is 4.09. The van der Waals surface area contributed by atoms with Crippen LogP contribution >= 0.6 is 28.1 Å². The van der Waals surface area contributed by atoms with Crippen molar-refractivity contribution in [1.82, 2.24) is 5.32 Å². The number of rotatable bonds is 3. The Morgan fingerprint density at radius 1 is 1.38 bits per heavy atom. The molecule has 0 saturated carbocycles. The number of hydrogen-bond donors (Lipinski definition) is 1. The van der Waals surface area contributed by atoms with Crippen LogP contribution in [0.1, 0.15) is 18.9 Å². The first-order chi connectivity index (χ1) is 6.24. The molecule has 0 bridgehead atoms. The van der Waals surface area contributed by atoms with Crippen LogP contribution in [0.3, 0.4) is 0 Å². The van der Waals surface area contributed by atoms with Crippen molar-refractivity contribution >= 4 is 33.1 Å². The van der Waals surface area contributed by atoms with Gasteiger partial charge in [-0.2, -0.15) is 0 Å². The maximum absolute atomic E-state index is 5.20. The van der Waals surface area contributed by atoms with Gasteiger partial charge in [-0.3, -0.25) is 0 Å². The highest BCUT2D eigenvalue weighted by molar-refractivity contribution is 9.10. The van der Waals surface area contributed by atoms with Crippen molar-refractivity contribution in [1.29, 1.82) is 0 Å². The lowest BCUT2D eigenvalue weighted by Crippen LogP contribution is -2.22. The van der Waals surface area contributed by atoms with Crippen molar-refractivity contribution in [2.24, 2.45) is 0 Å². The Labute approximate surface area is 92.7 Å². The topological polar surface area (TPSA) is 12.0 Å². The predicted molar refractivity (Wildman–Crippen MR) is 64.1 cm³/mol. The van der Waals surface area contributed by atoms with E-state index in [2.05, 4.69) is 28.2 Å². The Morgan fingerprint density at radius 2 is 2.00 bits per heavy atom. The molecule has 0 heterocycles. The number of thiocarbonyl (C=S) groups is 1. The molecule has 70 valence electrons. The van der Waals surface area contributed by atoms with E-state index in [1.54, 1.807) is 0 Å². The molecule has 0 atom stereocenters. The molecule has 1 rings (SSSR count). The van der Waals surface area contributed by atoms with Gasteiger partial charge in [-0.1, -0.05) is 47.2 Å². The van der Waals surface area contributed by atoms with E-state index in [4.69, 9.17) is 12.2 Å². The molecular formula is C10H12BrNS. The van der Waals surface area contributed by atoms with Crippen LogP contribution in [0.4, 0.5) is 0 Å². The Hall–Kier alpha value is -0.410. The van der Waals surface area contributed by atoms with Crippen molar-refractivity contribution in [2.45, 2.75) is 13.3 Å². The SMILES string of the molecule is CCCNC(=S)c1ccc(Br)cc1. The van der Waals surface area contributed by atoms with Gasteiger partial charge in [0.05, 0.1) is 0 Å². The largest absolute Gasteiger partial charge is 0.376 e. The van der Waals surface area contributed by atoms with Gasteiger partial charge in [0.15, 0.2) is 0 Å². The highest BCUT2D eigenvalue weighted by Gasteiger charge is 1.98. The Bertz CT molecular complexity index is 281. The minimum atomic E-state index is 0.828. The van der Waals surface area contributed by atoms with Gasteiger partial charge < -0.3 is 5.32 Å². The van der Waals surface area contributed by atoms with E-state index in [1.165, 1.54) is 0 Å². The van der Waals surface area contributed by atoms with E-state index in [1.807, 2.05) is 24.3 Å². The van der Waals surface area contributed by atoms with Gasteiger partial charge in [-0.05, 0) is 18.6 Å². The molecule has 1 N–H and O–H groups in total. The van der Waals surface area contributed by atoms with E-state index in [0.29, 0.717) is 0 Å². The highest BCUT2D eigenvalue weighted by atomic mass is 79.9. The average molecular weight is 258 g/mol. The van der Waals surface area contributed by atoms with Crippen molar-refractivity contribution in [3.8, 4) is 0 Å². The smallest absolute Gasteiger partial charge is 0.106 e. The predicted octanol–water partition coefficient (Wildman–Crippen LogP) is 3.12. The summed E-state index contributed by atoms with van der Waals surface area (Å²) in [6.07, 6.45) is 1.09. The molecule has 1 aromatic carbocycles. The van der Waals surface area contributed by atoms with E-state index in [0.717, 1.165) is 28.0 Å². The van der Waals surface area contributed by atoms with Crippen LogP contribution in [0.5, 0.6) is 0 Å². The van der Waals surface area contributed by atoms with Gasteiger partial charge in [-0.25, -0.2) is 0 Å². The number of nitrogens with one attached hydrogen (secondary N) is 1. The average Bonchev–Trinajstić information content (AvgIpc) is 2.15. The zero-order chi connectivity index (χ0) is 9.68. The van der Waals surface area contributed by atoms with Gasteiger partial charge in [0.1, 0.15) is 4.99 Å². The summed E-state index contributed by atoms with van der Waals surface area (Å²) < 4.78 is 1.08. The van der Waals surface area contributed by atoms with Crippen molar-refractivity contribution in [3.63, 3.8) is 0 Å². The van der Waals surface area contributed by atoms with E-state index < -0.39 is 0 Å². The Kier molecular flexibility index (Phi) is 4.39. The lowest BCUT2D eigenvalue weighted by atomic mass is 10.2. The van der Waals surface area contributed by atoms with Crippen LogP contribution in [0, 0.1) is 0 Å². The van der Waals surface area contributed by atoms with E-state index in [9.17, 15) is 0 Å². The minimum absolute atomic E-state index is 0.828. The minimum Gasteiger partial charge on any atom is -0.376 e.